The highest BCUT2D eigenvalue weighted by atomic mass is 127. The van der Waals surface area contributed by atoms with Crippen LogP contribution in [-0.2, 0) is 6.42 Å². The average molecular weight is 490 g/mol. The molecule has 0 spiro atoms. The van der Waals surface area contributed by atoms with Gasteiger partial charge in [0.1, 0.15) is 0 Å². The van der Waals surface area contributed by atoms with E-state index in [0.29, 0.717) is 12.1 Å². The van der Waals surface area contributed by atoms with Gasteiger partial charge in [-0.1, -0.05) is 30.3 Å². The average Bonchev–Trinajstić information content (AvgIpc) is 3.07. The van der Waals surface area contributed by atoms with E-state index in [0.717, 1.165) is 30.7 Å². The van der Waals surface area contributed by atoms with Crippen LogP contribution in [0.25, 0.3) is 0 Å². The molecule has 1 aromatic carbocycles. The van der Waals surface area contributed by atoms with Crippen molar-refractivity contribution >= 4 is 41.7 Å². The molecule has 26 heavy (non-hydrogen) atoms. The maximum absolute atomic E-state index is 4.89. The van der Waals surface area contributed by atoms with E-state index in [4.69, 9.17) is 4.99 Å². The molecule has 1 saturated carbocycles. The summed E-state index contributed by atoms with van der Waals surface area (Å²) in [5, 5.41) is 7.86. The van der Waals surface area contributed by atoms with Gasteiger partial charge in [-0.25, -0.2) is 0 Å². The van der Waals surface area contributed by atoms with Crippen LogP contribution in [0.3, 0.4) is 0 Å². The van der Waals surface area contributed by atoms with Crippen LogP contribution in [0.15, 0.2) is 35.3 Å². The highest BCUT2D eigenvalue weighted by Gasteiger charge is 2.24. The fourth-order valence-electron chi connectivity index (χ4n) is 3.29. The Hall–Kier alpha value is -0.470. The lowest BCUT2D eigenvalue weighted by Crippen LogP contribution is -2.43. The monoisotopic (exact) mass is 490 g/mol. The smallest absolute Gasteiger partial charge is 0.191 e. The molecule has 3 atom stereocenters. The van der Waals surface area contributed by atoms with Crippen LogP contribution >= 0.6 is 35.7 Å². The van der Waals surface area contributed by atoms with Gasteiger partial charge in [-0.3, -0.25) is 4.99 Å². The molecular weight excluding hydrogens is 455 g/mol. The van der Waals surface area contributed by atoms with Crippen LogP contribution in [0.2, 0.25) is 0 Å². The zero-order chi connectivity index (χ0) is 18.1. The summed E-state index contributed by atoms with van der Waals surface area (Å²) in [5.74, 6) is 0.967. The van der Waals surface area contributed by atoms with Gasteiger partial charge in [-0.05, 0) is 58.5 Å². The first-order valence-corrected chi connectivity index (χ1v) is 10.7. The van der Waals surface area contributed by atoms with E-state index in [1.165, 1.54) is 24.8 Å². The third-order valence-corrected chi connectivity index (χ3v) is 6.00. The number of halogens is 1. The highest BCUT2D eigenvalue weighted by molar-refractivity contribution is 14.0. The second-order valence-corrected chi connectivity index (χ2v) is 8.18. The number of rotatable bonds is 8. The zero-order valence-electron chi connectivity index (χ0n) is 16.6. The molecule has 6 heteroatoms. The summed E-state index contributed by atoms with van der Waals surface area (Å²) < 4.78 is 0. The van der Waals surface area contributed by atoms with Crippen LogP contribution in [-0.4, -0.2) is 61.6 Å². The molecule has 148 valence electrons. The third kappa shape index (κ3) is 8.05. The van der Waals surface area contributed by atoms with Gasteiger partial charge in [0.05, 0.1) is 6.54 Å². The molecule has 1 aliphatic carbocycles. The quantitative estimate of drug-likeness (QED) is 0.332. The lowest BCUT2D eigenvalue weighted by Gasteiger charge is -2.24. The molecule has 0 aliphatic heterocycles. The highest BCUT2D eigenvalue weighted by Crippen LogP contribution is 2.28. The lowest BCUT2D eigenvalue weighted by atomic mass is 10.1. The van der Waals surface area contributed by atoms with Crippen molar-refractivity contribution < 1.29 is 0 Å². The Balaban J connectivity index is 0.00000338. The molecule has 1 aromatic rings. The van der Waals surface area contributed by atoms with E-state index < -0.39 is 0 Å². The molecule has 0 heterocycles. The van der Waals surface area contributed by atoms with Crippen LogP contribution in [0.5, 0.6) is 0 Å². The summed E-state index contributed by atoms with van der Waals surface area (Å²) in [6.07, 6.45) is 7.04. The Labute approximate surface area is 181 Å². The topological polar surface area (TPSA) is 39.7 Å². The first-order chi connectivity index (χ1) is 12.1. The maximum Gasteiger partial charge on any atom is 0.191 e. The van der Waals surface area contributed by atoms with Crippen molar-refractivity contribution in [2.45, 2.75) is 49.9 Å². The minimum Gasteiger partial charge on any atom is -0.357 e. The molecule has 4 nitrogen and oxygen atoms in total. The van der Waals surface area contributed by atoms with Crippen molar-refractivity contribution in [3.63, 3.8) is 0 Å². The summed E-state index contributed by atoms with van der Waals surface area (Å²) >= 11 is 1.99. The number of nitrogens with zero attached hydrogens (tertiary/aromatic N) is 2. The number of hydrogen-bond acceptors (Lipinski definition) is 3. The number of likely N-dealkylation sites (N-methyl/N-ethyl adjacent to an activating group) is 1. The third-order valence-electron chi connectivity index (χ3n) is 4.91. The summed E-state index contributed by atoms with van der Waals surface area (Å²) in [6, 6.07) is 11.7. The minimum atomic E-state index is 0. The van der Waals surface area contributed by atoms with Gasteiger partial charge in [-0.15, -0.1) is 24.0 Å². The largest absolute Gasteiger partial charge is 0.357 e. The van der Waals surface area contributed by atoms with Crippen molar-refractivity contribution in [3.8, 4) is 0 Å². The van der Waals surface area contributed by atoms with Gasteiger partial charge in [0.25, 0.3) is 0 Å². The molecule has 0 aromatic heterocycles. The predicted molar refractivity (Wildman–Crippen MR) is 127 cm³/mol. The fraction of sp³-hybridized carbons (Fsp3) is 0.650. The van der Waals surface area contributed by atoms with E-state index in [1.807, 2.05) is 11.8 Å². The maximum atomic E-state index is 4.89. The van der Waals surface area contributed by atoms with Gasteiger partial charge in [0, 0.05) is 23.9 Å². The summed E-state index contributed by atoms with van der Waals surface area (Å²) in [7, 11) is 4.28. The van der Waals surface area contributed by atoms with Crippen molar-refractivity contribution in [2.24, 2.45) is 4.99 Å². The van der Waals surface area contributed by atoms with Crippen molar-refractivity contribution in [1.82, 2.24) is 15.5 Å². The molecule has 3 unspecified atom stereocenters. The summed E-state index contributed by atoms with van der Waals surface area (Å²) in [5.41, 5.74) is 1.37. The Morgan fingerprint density at radius 1 is 1.27 bits per heavy atom. The number of hydrogen-bond donors (Lipinski definition) is 2. The zero-order valence-corrected chi connectivity index (χ0v) is 19.7. The summed E-state index contributed by atoms with van der Waals surface area (Å²) in [4.78, 5) is 7.17. The van der Waals surface area contributed by atoms with Crippen LogP contribution in [0.1, 0.15) is 31.7 Å². The molecule has 2 N–H and O–H groups in total. The van der Waals surface area contributed by atoms with E-state index >= 15 is 0 Å². The van der Waals surface area contributed by atoms with Crippen LogP contribution < -0.4 is 10.6 Å². The van der Waals surface area contributed by atoms with Gasteiger partial charge < -0.3 is 15.5 Å². The fourth-order valence-corrected chi connectivity index (χ4v) is 4.09. The Bertz CT molecular complexity index is 524. The molecule has 0 amide bonds. The molecule has 0 bridgehead atoms. The molecule has 2 rings (SSSR count). The summed E-state index contributed by atoms with van der Waals surface area (Å²) in [6.45, 7) is 3.83. The van der Waals surface area contributed by atoms with Crippen molar-refractivity contribution in [1.29, 1.82) is 0 Å². The van der Waals surface area contributed by atoms with Crippen molar-refractivity contribution in [3.05, 3.63) is 35.9 Å². The van der Waals surface area contributed by atoms with Crippen LogP contribution in [0, 0.1) is 0 Å². The van der Waals surface area contributed by atoms with E-state index in [2.05, 4.69) is 73.1 Å². The minimum absolute atomic E-state index is 0. The molecule has 0 radical (unpaired) electrons. The number of nitrogens with one attached hydrogen (secondary N) is 2. The SMILES string of the molecule is CCNC(=NCC(Cc1ccccc1)N(C)C)NC1CCC(SC)C1.I. The number of aliphatic imine (C=N–C) groups is 1. The molecular formula is C20H35IN4S. The van der Waals surface area contributed by atoms with Gasteiger partial charge in [-0.2, -0.15) is 11.8 Å². The lowest BCUT2D eigenvalue weighted by molar-refractivity contribution is 0.298. The van der Waals surface area contributed by atoms with Crippen LogP contribution in [0.4, 0.5) is 0 Å². The molecule has 0 saturated heterocycles. The molecule has 1 aliphatic rings. The Morgan fingerprint density at radius 2 is 2.00 bits per heavy atom. The first kappa shape index (κ1) is 23.6. The molecule has 1 fully saturated rings. The number of benzene rings is 1. The Morgan fingerprint density at radius 3 is 2.58 bits per heavy atom. The first-order valence-electron chi connectivity index (χ1n) is 9.40. The van der Waals surface area contributed by atoms with E-state index in [9.17, 15) is 0 Å². The van der Waals surface area contributed by atoms with Gasteiger partial charge in [0.15, 0.2) is 5.96 Å². The second-order valence-electron chi connectivity index (χ2n) is 7.04. The van der Waals surface area contributed by atoms with Crippen molar-refractivity contribution in [2.75, 3.05) is 33.4 Å². The predicted octanol–water partition coefficient (Wildman–Crippen LogP) is 3.62. The number of thioether (sulfide) groups is 1. The normalized spacial score (nSPS) is 21.3. The van der Waals surface area contributed by atoms with E-state index in [1.54, 1.807) is 0 Å². The Kier molecular flexibility index (Phi) is 11.6. The second kappa shape index (κ2) is 12.8. The van der Waals surface area contributed by atoms with Gasteiger partial charge in [0.2, 0.25) is 0 Å². The van der Waals surface area contributed by atoms with E-state index in [-0.39, 0.29) is 24.0 Å². The number of guanidine groups is 1. The standard InChI is InChI=1S/C20H34N4S.HI/c1-5-21-20(23-17-11-12-19(14-17)25-4)22-15-18(24(2)3)13-16-9-7-6-8-10-16;/h6-10,17-19H,5,11-15H2,1-4H3,(H2,21,22,23);1H. The van der Waals surface area contributed by atoms with Gasteiger partial charge >= 0.3 is 0 Å².